The Labute approximate surface area is 141 Å². The van der Waals surface area contributed by atoms with Gasteiger partial charge in [-0.25, -0.2) is 4.79 Å². The van der Waals surface area contributed by atoms with E-state index in [4.69, 9.17) is 4.42 Å². The number of amides is 3. The third-order valence-corrected chi connectivity index (χ3v) is 3.67. The Morgan fingerprint density at radius 2 is 1.88 bits per heavy atom. The van der Waals surface area contributed by atoms with Gasteiger partial charge in [0.25, 0.3) is 0 Å². The number of hydrogen-bond acceptors (Lipinski definition) is 4. The highest BCUT2D eigenvalue weighted by Crippen LogP contribution is 2.14. The molecule has 0 saturated heterocycles. The van der Waals surface area contributed by atoms with Crippen molar-refractivity contribution in [2.45, 2.75) is 33.0 Å². The van der Waals surface area contributed by atoms with Crippen LogP contribution in [0.4, 0.5) is 4.79 Å². The van der Waals surface area contributed by atoms with E-state index in [-0.39, 0.29) is 5.91 Å². The summed E-state index contributed by atoms with van der Waals surface area (Å²) in [6, 6.07) is 12.6. The number of imide groups is 1. The molecule has 0 spiro atoms. The summed E-state index contributed by atoms with van der Waals surface area (Å²) in [5.74, 6) is 0.423. The van der Waals surface area contributed by atoms with E-state index in [1.165, 1.54) is 0 Å². The van der Waals surface area contributed by atoms with Crippen molar-refractivity contribution in [1.29, 1.82) is 0 Å². The van der Waals surface area contributed by atoms with E-state index in [9.17, 15) is 9.59 Å². The van der Waals surface area contributed by atoms with Crippen LogP contribution in [-0.4, -0.2) is 29.4 Å². The van der Waals surface area contributed by atoms with E-state index in [1.54, 1.807) is 20.1 Å². The summed E-state index contributed by atoms with van der Waals surface area (Å²) in [7, 11) is 0. The molecule has 0 radical (unpaired) electrons. The van der Waals surface area contributed by atoms with Crippen LogP contribution >= 0.6 is 0 Å². The van der Waals surface area contributed by atoms with Gasteiger partial charge in [-0.2, -0.15) is 0 Å². The molecule has 24 heavy (non-hydrogen) atoms. The fraction of sp³-hybridized carbons (Fsp3) is 0.333. The predicted molar refractivity (Wildman–Crippen MR) is 91.1 cm³/mol. The minimum atomic E-state index is -0.488. The zero-order chi connectivity index (χ0) is 17.4. The maximum absolute atomic E-state index is 12.3. The molecule has 2 N–H and O–H groups in total. The zero-order valence-electron chi connectivity index (χ0n) is 14.0. The van der Waals surface area contributed by atoms with Crippen LogP contribution in [0.5, 0.6) is 0 Å². The van der Waals surface area contributed by atoms with Crippen LogP contribution in [0.2, 0.25) is 0 Å². The fourth-order valence-electron chi connectivity index (χ4n) is 2.34. The number of nitrogens with zero attached hydrogens (tertiary/aromatic N) is 1. The van der Waals surface area contributed by atoms with Crippen LogP contribution in [0.15, 0.2) is 53.1 Å². The molecule has 0 fully saturated rings. The van der Waals surface area contributed by atoms with Gasteiger partial charge in [0, 0.05) is 13.1 Å². The standard InChI is InChI=1S/C18H23N3O3/c1-3-19-18(23)20-17(22)14(2)21(13-16-10-7-11-24-16)12-15-8-5-4-6-9-15/h4-11,14H,3,12-13H2,1-2H3,(H2,19,20,22,23). The number of carbonyl (C=O) groups is 2. The highest BCUT2D eigenvalue weighted by Gasteiger charge is 2.24. The van der Waals surface area contributed by atoms with Crippen molar-refractivity contribution in [2.24, 2.45) is 0 Å². The summed E-state index contributed by atoms with van der Waals surface area (Å²) < 4.78 is 5.40. The maximum Gasteiger partial charge on any atom is 0.321 e. The van der Waals surface area contributed by atoms with E-state index < -0.39 is 12.1 Å². The summed E-state index contributed by atoms with van der Waals surface area (Å²) in [4.78, 5) is 25.9. The van der Waals surface area contributed by atoms with E-state index in [1.807, 2.05) is 47.4 Å². The second-order valence-electron chi connectivity index (χ2n) is 5.49. The van der Waals surface area contributed by atoms with E-state index in [0.29, 0.717) is 19.6 Å². The summed E-state index contributed by atoms with van der Waals surface area (Å²) in [6.07, 6.45) is 1.61. The Hall–Kier alpha value is -2.60. The van der Waals surface area contributed by atoms with Gasteiger partial charge in [-0.05, 0) is 31.5 Å². The molecule has 2 rings (SSSR count). The average Bonchev–Trinajstić information content (AvgIpc) is 3.07. The molecule has 0 aliphatic rings. The molecule has 1 atom stereocenters. The minimum Gasteiger partial charge on any atom is -0.468 e. The van der Waals surface area contributed by atoms with Crippen molar-refractivity contribution in [3.8, 4) is 0 Å². The lowest BCUT2D eigenvalue weighted by atomic mass is 10.1. The molecule has 1 unspecified atom stereocenters. The number of urea groups is 1. The van der Waals surface area contributed by atoms with Crippen molar-refractivity contribution in [1.82, 2.24) is 15.5 Å². The molecular formula is C18H23N3O3. The molecule has 0 saturated carbocycles. The highest BCUT2D eigenvalue weighted by atomic mass is 16.3. The van der Waals surface area contributed by atoms with Crippen LogP contribution < -0.4 is 10.6 Å². The summed E-state index contributed by atoms with van der Waals surface area (Å²) in [5.41, 5.74) is 1.08. The normalized spacial score (nSPS) is 12.0. The fourth-order valence-corrected chi connectivity index (χ4v) is 2.34. The Morgan fingerprint density at radius 1 is 1.12 bits per heavy atom. The van der Waals surface area contributed by atoms with Crippen LogP contribution in [0.1, 0.15) is 25.2 Å². The van der Waals surface area contributed by atoms with Crippen LogP contribution in [0, 0.1) is 0 Å². The molecule has 0 bridgehead atoms. The monoisotopic (exact) mass is 329 g/mol. The van der Waals surface area contributed by atoms with Crippen molar-refractivity contribution in [3.63, 3.8) is 0 Å². The predicted octanol–water partition coefficient (Wildman–Crippen LogP) is 2.52. The van der Waals surface area contributed by atoms with Crippen molar-refractivity contribution < 1.29 is 14.0 Å². The smallest absolute Gasteiger partial charge is 0.321 e. The van der Waals surface area contributed by atoms with Crippen LogP contribution in [0.25, 0.3) is 0 Å². The summed E-state index contributed by atoms with van der Waals surface area (Å²) >= 11 is 0. The molecule has 6 heteroatoms. The number of nitrogens with one attached hydrogen (secondary N) is 2. The molecule has 3 amide bonds. The van der Waals surface area contributed by atoms with Gasteiger partial charge in [-0.15, -0.1) is 0 Å². The molecule has 1 aromatic carbocycles. The first-order valence-corrected chi connectivity index (χ1v) is 7.99. The van der Waals surface area contributed by atoms with Gasteiger partial charge >= 0.3 is 6.03 Å². The van der Waals surface area contributed by atoms with Crippen molar-refractivity contribution in [3.05, 3.63) is 60.1 Å². The quantitative estimate of drug-likeness (QED) is 0.818. The number of rotatable bonds is 7. The number of benzene rings is 1. The number of carbonyl (C=O) groups excluding carboxylic acids is 2. The second-order valence-corrected chi connectivity index (χ2v) is 5.49. The number of furan rings is 1. The Bertz CT molecular complexity index is 641. The largest absolute Gasteiger partial charge is 0.468 e. The Kier molecular flexibility index (Phi) is 6.57. The first kappa shape index (κ1) is 17.7. The molecule has 0 aliphatic carbocycles. The first-order valence-electron chi connectivity index (χ1n) is 7.99. The minimum absolute atomic E-state index is 0.344. The molecule has 1 aromatic heterocycles. The van der Waals surface area contributed by atoms with E-state index >= 15 is 0 Å². The van der Waals surface area contributed by atoms with Gasteiger partial charge in [0.05, 0.1) is 18.8 Å². The Morgan fingerprint density at radius 3 is 2.50 bits per heavy atom. The molecule has 6 nitrogen and oxygen atoms in total. The summed E-state index contributed by atoms with van der Waals surface area (Å²) in [5, 5.41) is 4.92. The van der Waals surface area contributed by atoms with Gasteiger partial charge in [-0.3, -0.25) is 15.0 Å². The lowest BCUT2D eigenvalue weighted by Gasteiger charge is -2.27. The molecule has 128 valence electrons. The highest BCUT2D eigenvalue weighted by molar-refractivity contribution is 5.96. The van der Waals surface area contributed by atoms with Gasteiger partial charge in [0.2, 0.25) is 5.91 Å². The van der Waals surface area contributed by atoms with Crippen molar-refractivity contribution >= 4 is 11.9 Å². The van der Waals surface area contributed by atoms with Gasteiger partial charge in [0.1, 0.15) is 5.76 Å². The van der Waals surface area contributed by atoms with Gasteiger partial charge in [-0.1, -0.05) is 30.3 Å². The zero-order valence-corrected chi connectivity index (χ0v) is 14.0. The lowest BCUT2D eigenvalue weighted by molar-refractivity contribution is -0.125. The first-order chi connectivity index (χ1) is 11.6. The van der Waals surface area contributed by atoms with Gasteiger partial charge < -0.3 is 9.73 Å². The SMILES string of the molecule is CCNC(=O)NC(=O)C(C)N(Cc1ccccc1)Cc1ccco1. The molecular weight excluding hydrogens is 306 g/mol. The van der Waals surface area contributed by atoms with Gasteiger partial charge in [0.15, 0.2) is 0 Å². The average molecular weight is 329 g/mol. The third-order valence-electron chi connectivity index (χ3n) is 3.67. The maximum atomic E-state index is 12.3. The van der Waals surface area contributed by atoms with E-state index in [2.05, 4.69) is 10.6 Å². The Balaban J connectivity index is 2.08. The van der Waals surface area contributed by atoms with Crippen molar-refractivity contribution in [2.75, 3.05) is 6.54 Å². The summed E-state index contributed by atoms with van der Waals surface area (Å²) in [6.45, 7) is 5.09. The van der Waals surface area contributed by atoms with Crippen LogP contribution in [-0.2, 0) is 17.9 Å². The topological polar surface area (TPSA) is 74.6 Å². The molecule has 0 aliphatic heterocycles. The third kappa shape index (κ3) is 5.24. The molecule has 1 heterocycles. The lowest BCUT2D eigenvalue weighted by Crippen LogP contribution is -2.49. The number of hydrogen-bond donors (Lipinski definition) is 2. The van der Waals surface area contributed by atoms with Crippen LogP contribution in [0.3, 0.4) is 0 Å². The second kappa shape index (κ2) is 8.88. The van der Waals surface area contributed by atoms with E-state index in [0.717, 1.165) is 11.3 Å². The molecule has 2 aromatic rings.